The van der Waals surface area contributed by atoms with E-state index in [2.05, 4.69) is 41.7 Å². The number of rotatable bonds is 15. The van der Waals surface area contributed by atoms with Gasteiger partial charge in [-0.3, -0.25) is 34.2 Å². The molecular formula is C45H48N2O8. The lowest BCUT2D eigenvalue weighted by atomic mass is 9.53. The number of nitrogens with zero attached hydrogens (tertiary/aromatic N) is 1. The zero-order chi connectivity index (χ0) is 38.1. The largest absolute Gasteiger partial charge is 0.508 e. The van der Waals surface area contributed by atoms with Crippen molar-refractivity contribution in [3.63, 3.8) is 0 Å². The highest BCUT2D eigenvalue weighted by Crippen LogP contribution is 2.58. The maximum Gasteiger partial charge on any atom is 0.266 e. The highest BCUT2D eigenvalue weighted by Gasteiger charge is 2.47. The number of imide groups is 2. The van der Waals surface area contributed by atoms with Gasteiger partial charge < -0.3 is 14.6 Å². The monoisotopic (exact) mass is 744 g/mol. The molecule has 2 aliphatic heterocycles. The zero-order valence-electron chi connectivity index (χ0n) is 31.1. The van der Waals surface area contributed by atoms with Crippen molar-refractivity contribution < 1.29 is 38.6 Å². The molecule has 4 amide bonds. The summed E-state index contributed by atoms with van der Waals surface area (Å²) in [6.07, 6.45) is 11.6. The van der Waals surface area contributed by atoms with Gasteiger partial charge in [-0.15, -0.1) is 0 Å². The SMILES string of the molecule is O=C(CCCCCCCOc1ccc(C(=C2C3CC4CC(C3)CC2C4)c2ccc(O)cc2)cc1)COc1cccc2c1C(=O)N(C1CCC(=O)NC1=O)C2=O. The second kappa shape index (κ2) is 15.8. The summed E-state index contributed by atoms with van der Waals surface area (Å²) in [5.74, 6) is 1.89. The van der Waals surface area contributed by atoms with Crippen LogP contribution in [0.15, 0.2) is 72.3 Å². The molecule has 0 aromatic heterocycles. The van der Waals surface area contributed by atoms with Crippen molar-refractivity contribution in [1.82, 2.24) is 10.2 Å². The number of unbranched alkanes of at least 4 members (excludes halogenated alkanes) is 4. The van der Waals surface area contributed by atoms with Crippen LogP contribution in [0.25, 0.3) is 5.57 Å². The molecule has 1 saturated heterocycles. The van der Waals surface area contributed by atoms with Crippen molar-refractivity contribution in [2.75, 3.05) is 13.2 Å². The Morgan fingerprint density at radius 2 is 1.40 bits per heavy atom. The van der Waals surface area contributed by atoms with Gasteiger partial charge in [0.05, 0.1) is 17.7 Å². The maximum absolute atomic E-state index is 13.2. The Hall–Kier alpha value is -5.25. The summed E-state index contributed by atoms with van der Waals surface area (Å²) >= 11 is 0. The van der Waals surface area contributed by atoms with Crippen molar-refractivity contribution in [3.05, 3.63) is 94.6 Å². The maximum atomic E-state index is 13.2. The molecule has 4 saturated carbocycles. The van der Waals surface area contributed by atoms with E-state index in [9.17, 15) is 29.1 Å². The number of amides is 4. The smallest absolute Gasteiger partial charge is 0.266 e. The van der Waals surface area contributed by atoms with Crippen LogP contribution in [0.2, 0.25) is 0 Å². The number of ether oxygens (including phenoxy) is 2. The molecule has 6 aliphatic rings. The van der Waals surface area contributed by atoms with Crippen LogP contribution in [0.3, 0.4) is 0 Å². The van der Waals surface area contributed by atoms with E-state index in [1.54, 1.807) is 23.8 Å². The summed E-state index contributed by atoms with van der Waals surface area (Å²) in [5, 5.41) is 12.2. The van der Waals surface area contributed by atoms with Crippen LogP contribution in [0.1, 0.15) is 115 Å². The standard InChI is InChI=1S/C45H48N2O8/c48-33-14-10-29(11-15-33)40(41-31-22-27-21-28(24-31)25-32(41)23-27)30-12-16-35(17-13-30)54-20-5-3-1-2-4-7-34(49)26-55-38-9-6-8-36-42(38)45(53)47(44(36)52)37-18-19-39(50)46-43(37)51/h6,8-17,27-28,31-32,37,48H,1-5,7,18-26H2,(H,46,50,51). The van der Waals surface area contributed by atoms with Gasteiger partial charge in [-0.25, -0.2) is 0 Å². The van der Waals surface area contributed by atoms with Crippen LogP contribution in [0, 0.1) is 23.7 Å². The van der Waals surface area contributed by atoms with Crippen molar-refractivity contribution in [1.29, 1.82) is 0 Å². The molecule has 10 nitrogen and oxygen atoms in total. The number of allylic oxidation sites excluding steroid dienone is 1. The Bertz CT molecular complexity index is 1990. The molecule has 1 atom stereocenters. The number of hydrogen-bond donors (Lipinski definition) is 2. The molecule has 3 aromatic rings. The zero-order valence-corrected chi connectivity index (χ0v) is 31.1. The lowest BCUT2D eigenvalue weighted by Gasteiger charge is -2.52. The first kappa shape index (κ1) is 36.7. The van der Waals surface area contributed by atoms with E-state index in [-0.39, 0.29) is 47.9 Å². The van der Waals surface area contributed by atoms with Gasteiger partial charge in [-0.05, 0) is 128 Å². The number of benzene rings is 3. The predicted molar refractivity (Wildman–Crippen MR) is 204 cm³/mol. The van der Waals surface area contributed by atoms with E-state index in [0.29, 0.717) is 24.9 Å². The molecule has 1 unspecified atom stereocenters. The van der Waals surface area contributed by atoms with Gasteiger partial charge in [-0.1, -0.05) is 55.2 Å². The van der Waals surface area contributed by atoms with E-state index < -0.39 is 29.7 Å². The van der Waals surface area contributed by atoms with Gasteiger partial charge in [0.2, 0.25) is 11.8 Å². The van der Waals surface area contributed by atoms with Crippen LogP contribution < -0.4 is 14.8 Å². The molecule has 3 aromatic carbocycles. The minimum absolute atomic E-state index is 0.0365. The third-order valence-electron chi connectivity index (χ3n) is 12.3. The molecule has 0 spiro atoms. The van der Waals surface area contributed by atoms with E-state index in [1.807, 2.05) is 0 Å². The average Bonchev–Trinajstić information content (AvgIpc) is 3.43. The first-order valence-corrected chi connectivity index (χ1v) is 20.0. The van der Waals surface area contributed by atoms with Crippen LogP contribution in [0.4, 0.5) is 0 Å². The predicted octanol–water partition coefficient (Wildman–Crippen LogP) is 7.42. The Kier molecular flexibility index (Phi) is 10.6. The molecular weight excluding hydrogens is 697 g/mol. The van der Waals surface area contributed by atoms with Gasteiger partial charge in [0.1, 0.15) is 29.9 Å². The van der Waals surface area contributed by atoms with E-state index in [0.717, 1.165) is 54.6 Å². The molecule has 55 heavy (non-hydrogen) atoms. The lowest BCUT2D eigenvalue weighted by molar-refractivity contribution is -0.136. The van der Waals surface area contributed by atoms with Crippen LogP contribution in [-0.2, 0) is 14.4 Å². The first-order chi connectivity index (χ1) is 26.7. The normalized spacial score (nSPS) is 23.9. The third kappa shape index (κ3) is 7.68. The van der Waals surface area contributed by atoms with E-state index in [4.69, 9.17) is 9.47 Å². The Labute approximate surface area is 321 Å². The molecule has 2 N–H and O–H groups in total. The topological polar surface area (TPSA) is 139 Å². The van der Waals surface area contributed by atoms with Gasteiger partial charge in [0.15, 0.2) is 5.78 Å². The Balaban J connectivity index is 0.767. The van der Waals surface area contributed by atoms with Gasteiger partial charge in [0.25, 0.3) is 11.8 Å². The van der Waals surface area contributed by atoms with E-state index >= 15 is 0 Å². The fourth-order valence-electron chi connectivity index (χ4n) is 9.93. The van der Waals surface area contributed by atoms with E-state index in [1.165, 1.54) is 60.9 Å². The first-order valence-electron chi connectivity index (χ1n) is 20.0. The number of carbonyl (C=O) groups excluding carboxylic acids is 5. The van der Waals surface area contributed by atoms with Gasteiger partial charge in [0, 0.05) is 12.8 Å². The van der Waals surface area contributed by atoms with Crippen LogP contribution >= 0.6 is 0 Å². The van der Waals surface area contributed by atoms with Crippen molar-refractivity contribution in [2.45, 2.75) is 89.5 Å². The summed E-state index contributed by atoms with van der Waals surface area (Å²) in [5.41, 5.74) is 5.53. The highest BCUT2D eigenvalue weighted by molar-refractivity contribution is 6.24. The minimum Gasteiger partial charge on any atom is -0.508 e. The van der Waals surface area contributed by atoms with Crippen molar-refractivity contribution >= 4 is 35.0 Å². The van der Waals surface area contributed by atoms with Gasteiger partial charge >= 0.3 is 0 Å². The van der Waals surface area contributed by atoms with Gasteiger partial charge in [-0.2, -0.15) is 0 Å². The number of ketones is 1. The average molecular weight is 745 g/mol. The molecule has 0 radical (unpaired) electrons. The summed E-state index contributed by atoms with van der Waals surface area (Å²) < 4.78 is 11.8. The molecule has 4 bridgehead atoms. The summed E-state index contributed by atoms with van der Waals surface area (Å²) in [6, 6.07) is 19.8. The number of nitrogens with one attached hydrogen (secondary N) is 1. The number of aromatic hydroxyl groups is 1. The number of carbonyl (C=O) groups is 5. The van der Waals surface area contributed by atoms with Crippen LogP contribution in [0.5, 0.6) is 17.2 Å². The number of hydrogen-bond acceptors (Lipinski definition) is 8. The minimum atomic E-state index is -1.07. The fraction of sp³-hybridized carbons (Fsp3) is 0.444. The second-order valence-corrected chi connectivity index (χ2v) is 16.0. The van der Waals surface area contributed by atoms with Crippen molar-refractivity contribution in [2.24, 2.45) is 23.7 Å². The summed E-state index contributed by atoms with van der Waals surface area (Å²) in [4.78, 5) is 63.8. The number of phenols is 1. The molecule has 5 fully saturated rings. The van der Waals surface area contributed by atoms with Crippen molar-refractivity contribution in [3.8, 4) is 17.2 Å². The summed E-state index contributed by atoms with van der Waals surface area (Å²) in [6.45, 7) is 0.396. The number of phenolic OH excluding ortho intramolecular Hbond substituents is 1. The third-order valence-corrected chi connectivity index (χ3v) is 12.3. The Morgan fingerprint density at radius 1 is 0.745 bits per heavy atom. The quantitative estimate of drug-likeness (QED) is 0.121. The number of Topliss-reactive ketones (excluding diaryl/α,β-unsaturated/α-hetero) is 1. The molecule has 10 heteroatoms. The highest BCUT2D eigenvalue weighted by atomic mass is 16.5. The molecule has 2 heterocycles. The number of piperidine rings is 1. The fourth-order valence-corrected chi connectivity index (χ4v) is 9.93. The second-order valence-electron chi connectivity index (χ2n) is 16.0. The molecule has 9 rings (SSSR count). The Morgan fingerprint density at radius 3 is 2.09 bits per heavy atom. The molecule has 4 aliphatic carbocycles. The lowest BCUT2D eigenvalue weighted by Crippen LogP contribution is -2.54. The molecule has 286 valence electrons. The summed E-state index contributed by atoms with van der Waals surface area (Å²) in [7, 11) is 0. The number of fused-ring (bicyclic) bond motifs is 1. The van der Waals surface area contributed by atoms with Crippen LogP contribution in [-0.4, -0.2) is 58.7 Å².